The van der Waals surface area contributed by atoms with Gasteiger partial charge < -0.3 is 40.7 Å². The van der Waals surface area contributed by atoms with E-state index < -0.39 is 84.1 Å². The molecule has 0 aromatic carbocycles. The third-order valence-electron chi connectivity index (χ3n) is 7.31. The number of allylic oxidation sites excluding steroid dienone is 9. The first-order chi connectivity index (χ1) is 22.1. The molecule has 262 valence electrons. The summed E-state index contributed by atoms with van der Waals surface area (Å²) in [6.45, 7) is 5.12. The number of amides is 1. The molecule has 1 fully saturated rings. The summed E-state index contributed by atoms with van der Waals surface area (Å²) in [7, 11) is 0. The monoisotopic (exact) mass is 701 g/mol. The number of aliphatic hydroxyl groups excluding tert-OH is 4. The van der Waals surface area contributed by atoms with Gasteiger partial charge in [0.2, 0.25) is 0 Å². The smallest absolute Gasteiger partial charge is 0.405 e. The maximum absolute atomic E-state index is 12.6. The number of carboxylic acid groups (broad SMARTS) is 1. The van der Waals surface area contributed by atoms with Gasteiger partial charge in [-0.1, -0.05) is 73.6 Å². The summed E-state index contributed by atoms with van der Waals surface area (Å²) in [6, 6.07) is 0. The minimum Gasteiger partial charge on any atom is -0.481 e. The Balaban J connectivity index is 2.66. The SMILES string of the molecule is CC/C=C/[C@@H](OC(N)=O)[C@@H](Cl)[C@H](O)CC(=O)[C@@H](O)[C@H](O)C(C)/C(Cl)=C/C=C/C=C(C)/C=C/C=C/C(=O)O[C@@H]1CC(C(=O)O)CC[C@@H]1O. The molecule has 1 aliphatic carbocycles. The van der Waals surface area contributed by atoms with Gasteiger partial charge >= 0.3 is 18.0 Å². The fraction of sp³-hybridized carbons (Fsp3) is 0.515. The summed E-state index contributed by atoms with van der Waals surface area (Å²) in [5.74, 6) is -4.10. The van der Waals surface area contributed by atoms with E-state index in [1.54, 1.807) is 43.4 Å². The second-order valence-corrected chi connectivity index (χ2v) is 12.0. The van der Waals surface area contributed by atoms with Crippen LogP contribution in [0.4, 0.5) is 4.79 Å². The first kappa shape index (κ1) is 41.8. The molecule has 0 saturated heterocycles. The average molecular weight is 703 g/mol. The van der Waals surface area contributed by atoms with Crippen LogP contribution >= 0.6 is 23.2 Å². The number of carbonyl (C=O) groups is 4. The molecule has 1 aliphatic rings. The average Bonchev–Trinajstić information content (AvgIpc) is 3.02. The van der Waals surface area contributed by atoms with Crippen molar-refractivity contribution < 1.29 is 54.2 Å². The molecule has 7 N–H and O–H groups in total. The molecule has 12 nitrogen and oxygen atoms in total. The first-order valence-electron chi connectivity index (χ1n) is 15.1. The Morgan fingerprint density at radius 3 is 2.28 bits per heavy atom. The third kappa shape index (κ3) is 15.5. The van der Waals surface area contributed by atoms with Crippen molar-refractivity contribution in [2.24, 2.45) is 17.6 Å². The lowest BCUT2D eigenvalue weighted by atomic mass is 9.85. The van der Waals surface area contributed by atoms with Crippen molar-refractivity contribution in [3.63, 3.8) is 0 Å². The number of nitrogens with two attached hydrogens (primary N) is 1. The number of rotatable bonds is 18. The molecule has 47 heavy (non-hydrogen) atoms. The number of hydrogen-bond acceptors (Lipinski definition) is 10. The highest BCUT2D eigenvalue weighted by atomic mass is 35.5. The molecule has 1 rings (SSSR count). The van der Waals surface area contributed by atoms with Crippen molar-refractivity contribution in [1.29, 1.82) is 0 Å². The Morgan fingerprint density at radius 2 is 1.66 bits per heavy atom. The number of Topliss-reactive ketones (excluding diaryl/α,β-unsaturated/α-hetero) is 1. The largest absolute Gasteiger partial charge is 0.481 e. The van der Waals surface area contributed by atoms with Gasteiger partial charge in [-0.05, 0) is 38.3 Å². The second kappa shape index (κ2) is 21.6. The quantitative estimate of drug-likeness (QED) is 0.0399. The van der Waals surface area contributed by atoms with Crippen LogP contribution in [0.5, 0.6) is 0 Å². The normalized spacial score (nSPS) is 23.5. The van der Waals surface area contributed by atoms with Gasteiger partial charge in [-0.3, -0.25) is 9.59 Å². The molecule has 0 aromatic heterocycles. The standard InChI is InChI=1S/C33H45Cl2NO11/c1-4-5-13-26(47-33(36)45)29(35)24(38)18-25(39)31(42)30(41)20(3)22(34)12-8-6-10-19(2)11-7-9-14-28(40)46-27-17-21(32(43)44)15-16-23(27)37/h5-14,20-21,23-24,26-27,29-31,37-38,41-42H,4,15-18H2,1-3H3,(H2,36,45)(H,43,44)/b8-6+,11-7+,13-5+,14-9+,19-10+,22-12-/t20?,21?,23-,24+,26+,27+,29-,30+,31+/m0/s1. The number of hydrogen-bond donors (Lipinski definition) is 6. The Kier molecular flexibility index (Phi) is 19.2. The highest BCUT2D eigenvalue weighted by molar-refractivity contribution is 6.30. The van der Waals surface area contributed by atoms with Gasteiger partial charge in [-0.15, -0.1) is 11.6 Å². The molecular formula is C33H45Cl2NO11. The number of aliphatic carboxylic acids is 1. The van der Waals surface area contributed by atoms with E-state index in [9.17, 15) is 39.6 Å². The third-order valence-corrected chi connectivity index (χ3v) is 8.32. The fourth-order valence-corrected chi connectivity index (χ4v) is 4.88. The molecule has 0 spiro atoms. The summed E-state index contributed by atoms with van der Waals surface area (Å²) >= 11 is 12.5. The lowest BCUT2D eigenvalue weighted by molar-refractivity contribution is -0.159. The van der Waals surface area contributed by atoms with Crippen LogP contribution in [0.15, 0.2) is 71.4 Å². The maximum atomic E-state index is 12.6. The Hall–Kier alpha value is -3.26. The number of ether oxygens (including phenoxy) is 2. The van der Waals surface area contributed by atoms with Crippen LogP contribution in [0, 0.1) is 11.8 Å². The van der Waals surface area contributed by atoms with E-state index in [2.05, 4.69) is 0 Å². The van der Waals surface area contributed by atoms with Gasteiger partial charge in [-0.2, -0.15) is 0 Å². The maximum Gasteiger partial charge on any atom is 0.405 e. The molecule has 0 heterocycles. The zero-order chi connectivity index (χ0) is 35.7. The number of alkyl halides is 1. The van der Waals surface area contributed by atoms with Crippen molar-refractivity contribution in [2.45, 2.75) is 94.9 Å². The van der Waals surface area contributed by atoms with Crippen LogP contribution < -0.4 is 5.73 Å². The summed E-state index contributed by atoms with van der Waals surface area (Å²) in [5, 5.41) is 49.4. The number of aliphatic hydroxyl groups is 4. The van der Waals surface area contributed by atoms with Gasteiger partial charge in [-0.25, -0.2) is 9.59 Å². The van der Waals surface area contributed by atoms with Crippen molar-refractivity contribution >= 4 is 47.0 Å². The zero-order valence-corrected chi connectivity index (χ0v) is 28.0. The highest BCUT2D eigenvalue weighted by Crippen LogP contribution is 2.27. The summed E-state index contributed by atoms with van der Waals surface area (Å²) in [4.78, 5) is 47.0. The van der Waals surface area contributed by atoms with Gasteiger partial charge in [0.1, 0.15) is 23.7 Å². The number of carboxylic acids is 1. The van der Waals surface area contributed by atoms with Gasteiger partial charge in [0.05, 0.1) is 24.2 Å². The van der Waals surface area contributed by atoms with E-state index >= 15 is 0 Å². The van der Waals surface area contributed by atoms with Crippen molar-refractivity contribution in [2.75, 3.05) is 0 Å². The van der Waals surface area contributed by atoms with Gasteiger partial charge in [0.15, 0.2) is 5.78 Å². The topological polar surface area (TPSA) is 214 Å². The molecule has 0 aromatic rings. The van der Waals surface area contributed by atoms with Crippen LogP contribution in [0.2, 0.25) is 0 Å². The molecule has 2 unspecified atom stereocenters. The van der Waals surface area contributed by atoms with Crippen molar-refractivity contribution in [3.8, 4) is 0 Å². The van der Waals surface area contributed by atoms with Crippen molar-refractivity contribution in [3.05, 3.63) is 71.4 Å². The molecule has 1 amide bonds. The van der Waals surface area contributed by atoms with Gasteiger partial charge in [0.25, 0.3) is 0 Å². The number of ketones is 1. The Bertz CT molecular complexity index is 1240. The van der Waals surface area contributed by atoms with E-state index in [1.807, 2.05) is 6.92 Å². The van der Waals surface area contributed by atoms with E-state index in [-0.39, 0.29) is 17.9 Å². The van der Waals surface area contributed by atoms with Crippen LogP contribution in [-0.2, 0) is 23.9 Å². The Morgan fingerprint density at radius 1 is 1.02 bits per heavy atom. The molecule has 0 radical (unpaired) electrons. The lowest BCUT2D eigenvalue weighted by Gasteiger charge is -2.30. The van der Waals surface area contributed by atoms with E-state index in [4.69, 9.17) is 43.5 Å². The predicted molar refractivity (Wildman–Crippen MR) is 176 cm³/mol. The van der Waals surface area contributed by atoms with Crippen LogP contribution in [0.25, 0.3) is 0 Å². The number of esters is 1. The van der Waals surface area contributed by atoms with Crippen LogP contribution in [0.1, 0.15) is 52.9 Å². The molecule has 0 bridgehead atoms. The van der Waals surface area contributed by atoms with Crippen LogP contribution in [-0.4, -0.2) is 91.3 Å². The molecule has 14 heteroatoms. The number of carbonyl (C=O) groups excluding carboxylic acids is 3. The van der Waals surface area contributed by atoms with E-state index in [1.165, 1.54) is 31.2 Å². The molecule has 1 saturated carbocycles. The molecule has 9 atom stereocenters. The van der Waals surface area contributed by atoms with Gasteiger partial charge in [0, 0.05) is 29.9 Å². The summed E-state index contributed by atoms with van der Waals surface area (Å²) < 4.78 is 10.1. The fourth-order valence-electron chi connectivity index (χ4n) is 4.46. The second-order valence-electron chi connectivity index (χ2n) is 11.1. The molecular weight excluding hydrogens is 657 g/mol. The minimum absolute atomic E-state index is 0.0584. The highest BCUT2D eigenvalue weighted by Gasteiger charge is 2.36. The van der Waals surface area contributed by atoms with Crippen molar-refractivity contribution in [1.82, 2.24) is 0 Å². The Labute approximate surface area is 284 Å². The lowest BCUT2D eigenvalue weighted by Crippen LogP contribution is -2.43. The first-order valence-corrected chi connectivity index (χ1v) is 15.9. The number of halogens is 2. The summed E-state index contributed by atoms with van der Waals surface area (Å²) in [6.07, 6.45) is 6.95. The minimum atomic E-state index is -1.89. The zero-order valence-electron chi connectivity index (χ0n) is 26.5. The summed E-state index contributed by atoms with van der Waals surface area (Å²) in [5.41, 5.74) is 5.83. The van der Waals surface area contributed by atoms with Crippen LogP contribution in [0.3, 0.4) is 0 Å². The molecule has 0 aliphatic heterocycles. The number of primary amides is 1. The predicted octanol–water partition coefficient (Wildman–Crippen LogP) is 3.60. The van der Waals surface area contributed by atoms with E-state index in [0.717, 1.165) is 5.57 Å². The van der Waals surface area contributed by atoms with E-state index in [0.29, 0.717) is 12.8 Å².